The number of thioether (sulfide) groups is 1. The lowest BCUT2D eigenvalue weighted by Gasteiger charge is -2.25. The van der Waals surface area contributed by atoms with Crippen LogP contribution in [0.15, 0.2) is 12.1 Å². The number of aromatic nitrogens is 1. The first-order chi connectivity index (χ1) is 8.94. The van der Waals surface area contributed by atoms with E-state index in [2.05, 4.69) is 10.3 Å². The van der Waals surface area contributed by atoms with Gasteiger partial charge in [0, 0.05) is 6.04 Å². The molecule has 1 fully saturated rings. The van der Waals surface area contributed by atoms with Crippen LogP contribution in [0.25, 0.3) is 0 Å². The van der Waals surface area contributed by atoms with Crippen molar-refractivity contribution in [2.45, 2.75) is 45.3 Å². The minimum atomic E-state index is -0.290. The van der Waals surface area contributed by atoms with E-state index in [4.69, 9.17) is 10.5 Å². The zero-order chi connectivity index (χ0) is 13.9. The maximum atomic E-state index is 5.91. The molecule has 0 bridgehead atoms. The number of hydrogen-bond acceptors (Lipinski definition) is 5. The van der Waals surface area contributed by atoms with Gasteiger partial charge in [0.1, 0.15) is 11.4 Å². The van der Waals surface area contributed by atoms with Crippen LogP contribution in [0.3, 0.4) is 0 Å². The van der Waals surface area contributed by atoms with E-state index in [1.54, 1.807) is 0 Å². The van der Waals surface area contributed by atoms with Crippen molar-refractivity contribution in [3.63, 3.8) is 0 Å². The fourth-order valence-corrected chi connectivity index (χ4v) is 3.06. The Morgan fingerprint density at radius 1 is 1.32 bits per heavy atom. The van der Waals surface area contributed by atoms with Crippen LogP contribution in [0.1, 0.15) is 33.6 Å². The first-order valence-electron chi connectivity index (χ1n) is 6.74. The second-order valence-electron chi connectivity index (χ2n) is 5.84. The molecule has 4 nitrogen and oxygen atoms in total. The van der Waals surface area contributed by atoms with Crippen molar-refractivity contribution in [2.24, 2.45) is 0 Å². The molecule has 0 aromatic carbocycles. The standard InChI is InChI=1S/C14H23N3OS/c1-14(2,3)18-13-11(15)4-5-12(17-13)16-10-6-8-19-9-7-10/h4-5,10H,6-9,15H2,1-3H3,(H,16,17). The van der Waals surface area contributed by atoms with Gasteiger partial charge in [-0.1, -0.05) is 0 Å². The third-order valence-corrected chi connectivity index (χ3v) is 3.91. The molecule has 3 N–H and O–H groups in total. The van der Waals surface area contributed by atoms with Crippen molar-refractivity contribution in [3.8, 4) is 5.88 Å². The van der Waals surface area contributed by atoms with Gasteiger partial charge < -0.3 is 15.8 Å². The Hall–Kier alpha value is -1.10. The molecule has 2 heterocycles. The van der Waals surface area contributed by atoms with Crippen LogP contribution in [-0.4, -0.2) is 28.1 Å². The number of nitrogens with two attached hydrogens (primary N) is 1. The van der Waals surface area contributed by atoms with E-state index >= 15 is 0 Å². The predicted octanol–water partition coefficient (Wildman–Crippen LogP) is 3.15. The number of hydrogen-bond donors (Lipinski definition) is 2. The highest BCUT2D eigenvalue weighted by Gasteiger charge is 2.17. The first-order valence-corrected chi connectivity index (χ1v) is 7.89. The average molecular weight is 281 g/mol. The van der Waals surface area contributed by atoms with Crippen LogP contribution in [0.2, 0.25) is 0 Å². The van der Waals surface area contributed by atoms with Gasteiger partial charge in [-0.2, -0.15) is 16.7 Å². The number of nitrogen functional groups attached to an aromatic ring is 1. The molecule has 106 valence electrons. The molecule has 0 amide bonds. The van der Waals surface area contributed by atoms with Gasteiger partial charge in [-0.05, 0) is 57.3 Å². The van der Waals surface area contributed by atoms with E-state index in [1.165, 1.54) is 24.3 Å². The average Bonchev–Trinajstić information content (AvgIpc) is 2.33. The van der Waals surface area contributed by atoms with Gasteiger partial charge in [-0.3, -0.25) is 0 Å². The summed E-state index contributed by atoms with van der Waals surface area (Å²) in [4.78, 5) is 4.49. The molecule has 1 aliphatic rings. The molecule has 2 rings (SSSR count). The van der Waals surface area contributed by atoms with Gasteiger partial charge in [-0.25, -0.2) is 0 Å². The lowest BCUT2D eigenvalue weighted by Crippen LogP contribution is -2.26. The third-order valence-electron chi connectivity index (χ3n) is 2.87. The molecule has 0 spiro atoms. The number of ether oxygens (including phenoxy) is 1. The number of pyridine rings is 1. The second-order valence-corrected chi connectivity index (χ2v) is 7.06. The van der Waals surface area contributed by atoms with Gasteiger partial charge >= 0.3 is 0 Å². The maximum Gasteiger partial charge on any atom is 0.239 e. The van der Waals surface area contributed by atoms with Crippen LogP contribution in [-0.2, 0) is 0 Å². The lowest BCUT2D eigenvalue weighted by molar-refractivity contribution is 0.125. The SMILES string of the molecule is CC(C)(C)Oc1nc(NC2CCSCC2)ccc1N. The van der Waals surface area contributed by atoms with Gasteiger partial charge in [0.2, 0.25) is 5.88 Å². The molecule has 0 atom stereocenters. The monoisotopic (exact) mass is 281 g/mol. The zero-order valence-corrected chi connectivity index (χ0v) is 12.7. The van der Waals surface area contributed by atoms with E-state index < -0.39 is 0 Å². The Labute approximate surface area is 119 Å². The Balaban J connectivity index is 2.07. The van der Waals surface area contributed by atoms with Crippen molar-refractivity contribution < 1.29 is 4.74 Å². The van der Waals surface area contributed by atoms with Crippen LogP contribution in [0.5, 0.6) is 5.88 Å². The van der Waals surface area contributed by atoms with E-state index in [1.807, 2.05) is 44.7 Å². The maximum absolute atomic E-state index is 5.91. The molecular formula is C14H23N3OS. The van der Waals surface area contributed by atoms with Crippen molar-refractivity contribution in [3.05, 3.63) is 12.1 Å². The summed E-state index contributed by atoms with van der Waals surface area (Å²) < 4.78 is 5.78. The van der Waals surface area contributed by atoms with Crippen molar-refractivity contribution in [2.75, 3.05) is 22.6 Å². The fraction of sp³-hybridized carbons (Fsp3) is 0.643. The topological polar surface area (TPSA) is 60.2 Å². The molecule has 5 heteroatoms. The molecule has 0 radical (unpaired) electrons. The quantitative estimate of drug-likeness (QED) is 0.891. The summed E-state index contributed by atoms with van der Waals surface area (Å²) in [5.74, 6) is 3.81. The summed E-state index contributed by atoms with van der Waals surface area (Å²) >= 11 is 2.02. The summed E-state index contributed by atoms with van der Waals surface area (Å²) in [7, 11) is 0. The zero-order valence-electron chi connectivity index (χ0n) is 11.9. The number of nitrogens with one attached hydrogen (secondary N) is 1. The Morgan fingerprint density at radius 3 is 2.63 bits per heavy atom. The highest BCUT2D eigenvalue weighted by atomic mass is 32.2. The van der Waals surface area contributed by atoms with Crippen molar-refractivity contribution in [1.29, 1.82) is 0 Å². The molecule has 1 aromatic heterocycles. The minimum Gasteiger partial charge on any atom is -0.470 e. The summed E-state index contributed by atoms with van der Waals surface area (Å²) in [5.41, 5.74) is 6.20. The molecule has 1 aliphatic heterocycles. The molecule has 0 aliphatic carbocycles. The normalized spacial score (nSPS) is 17.2. The highest BCUT2D eigenvalue weighted by Crippen LogP contribution is 2.26. The predicted molar refractivity (Wildman–Crippen MR) is 83.0 cm³/mol. The summed E-state index contributed by atoms with van der Waals surface area (Å²) in [6.07, 6.45) is 2.37. The highest BCUT2D eigenvalue weighted by molar-refractivity contribution is 7.99. The Bertz CT molecular complexity index is 425. The lowest BCUT2D eigenvalue weighted by atomic mass is 10.1. The van der Waals surface area contributed by atoms with Crippen LogP contribution < -0.4 is 15.8 Å². The third kappa shape index (κ3) is 4.49. The molecule has 0 unspecified atom stereocenters. The largest absolute Gasteiger partial charge is 0.470 e. The molecular weight excluding hydrogens is 258 g/mol. The molecule has 1 saturated heterocycles. The second kappa shape index (κ2) is 5.90. The Morgan fingerprint density at radius 2 is 2.00 bits per heavy atom. The van der Waals surface area contributed by atoms with Gasteiger partial charge in [-0.15, -0.1) is 0 Å². The van der Waals surface area contributed by atoms with Crippen molar-refractivity contribution in [1.82, 2.24) is 4.98 Å². The first kappa shape index (κ1) is 14.3. The summed E-state index contributed by atoms with van der Waals surface area (Å²) in [6, 6.07) is 4.29. The number of nitrogens with zero attached hydrogens (tertiary/aromatic N) is 1. The van der Waals surface area contributed by atoms with Gasteiger partial charge in [0.25, 0.3) is 0 Å². The van der Waals surface area contributed by atoms with E-state index in [0.29, 0.717) is 17.6 Å². The molecule has 1 aromatic rings. The van der Waals surface area contributed by atoms with Crippen LogP contribution in [0.4, 0.5) is 11.5 Å². The minimum absolute atomic E-state index is 0.290. The number of rotatable bonds is 3. The van der Waals surface area contributed by atoms with Crippen LogP contribution >= 0.6 is 11.8 Å². The number of anilines is 2. The van der Waals surface area contributed by atoms with E-state index in [-0.39, 0.29) is 5.60 Å². The molecule has 0 saturated carbocycles. The summed E-state index contributed by atoms with van der Waals surface area (Å²) in [5, 5.41) is 3.47. The van der Waals surface area contributed by atoms with E-state index in [9.17, 15) is 0 Å². The summed E-state index contributed by atoms with van der Waals surface area (Å²) in [6.45, 7) is 5.98. The van der Waals surface area contributed by atoms with Crippen LogP contribution in [0, 0.1) is 0 Å². The van der Waals surface area contributed by atoms with Gasteiger partial charge in [0.15, 0.2) is 0 Å². The Kier molecular flexibility index (Phi) is 4.45. The van der Waals surface area contributed by atoms with Gasteiger partial charge in [0.05, 0.1) is 5.69 Å². The van der Waals surface area contributed by atoms with Crippen molar-refractivity contribution >= 4 is 23.3 Å². The fourth-order valence-electron chi connectivity index (χ4n) is 1.95. The molecule has 19 heavy (non-hydrogen) atoms. The smallest absolute Gasteiger partial charge is 0.239 e. The van der Waals surface area contributed by atoms with E-state index in [0.717, 1.165) is 5.82 Å².